The molecule has 2 unspecified atom stereocenters. The minimum atomic E-state index is -0.792. The summed E-state index contributed by atoms with van der Waals surface area (Å²) in [5.74, 6) is -2.41. The lowest BCUT2D eigenvalue weighted by atomic mass is 9.83. The number of imide groups is 1. The molecule has 1 fully saturated rings. The Hall–Kier alpha value is -3.38. The summed E-state index contributed by atoms with van der Waals surface area (Å²) >= 11 is 11.7. The summed E-state index contributed by atoms with van der Waals surface area (Å²) in [6.45, 7) is -0.274. The first-order chi connectivity index (χ1) is 19.2. The van der Waals surface area contributed by atoms with Crippen LogP contribution >= 0.6 is 50.6 Å². The Morgan fingerprint density at radius 1 is 1.00 bits per heavy atom. The topological polar surface area (TPSA) is 109 Å². The SMILES string of the molecule is O=C(Cn1c2c(sc1=O)[C@H](c1cccc(Br)c1)C1C(=O)N(c3ccc(Cl)cc3)C(=O)C1S2)Nc1ccc(O)cc1. The third-order valence-electron chi connectivity index (χ3n) is 6.79. The van der Waals surface area contributed by atoms with E-state index in [1.807, 2.05) is 24.3 Å². The first kappa shape index (κ1) is 26.8. The summed E-state index contributed by atoms with van der Waals surface area (Å²) in [6, 6.07) is 20.0. The zero-order valence-electron chi connectivity index (χ0n) is 20.4. The number of phenolic OH excluding ortho intramolecular Hbond substituents is 1. The van der Waals surface area contributed by atoms with E-state index in [4.69, 9.17) is 11.6 Å². The highest BCUT2D eigenvalue weighted by Crippen LogP contribution is 2.54. The molecule has 2 aliphatic heterocycles. The van der Waals surface area contributed by atoms with E-state index in [0.717, 1.165) is 33.1 Å². The molecule has 1 aromatic heterocycles. The fraction of sp³-hybridized carbons (Fsp3) is 0.143. The lowest BCUT2D eigenvalue weighted by Crippen LogP contribution is -2.33. The summed E-state index contributed by atoms with van der Waals surface area (Å²) < 4.78 is 2.16. The molecule has 0 radical (unpaired) electrons. The third-order valence-corrected chi connectivity index (χ3v) is 10.1. The number of halogens is 2. The van der Waals surface area contributed by atoms with Crippen LogP contribution in [0.25, 0.3) is 0 Å². The monoisotopic (exact) mass is 655 g/mol. The maximum atomic E-state index is 13.9. The van der Waals surface area contributed by atoms with Crippen LogP contribution in [0.5, 0.6) is 5.75 Å². The van der Waals surface area contributed by atoms with Gasteiger partial charge in [0.15, 0.2) is 0 Å². The standard InChI is InChI=1S/C28H19BrClN3O5S2/c29-15-3-1-2-14(12-15)21-22-23(26(37)33(25(22)36)18-8-4-16(30)5-9-18)39-27-24(21)40-28(38)32(27)13-20(35)31-17-6-10-19(34)11-7-17/h1-12,21-23,34H,13H2,(H,31,35)/t21-,22?,23?/m1/s1. The molecule has 3 amide bonds. The zero-order valence-corrected chi connectivity index (χ0v) is 24.4. The number of aromatic nitrogens is 1. The van der Waals surface area contributed by atoms with Crippen molar-refractivity contribution < 1.29 is 19.5 Å². The average Bonchev–Trinajstić information content (AvgIpc) is 3.36. The minimum Gasteiger partial charge on any atom is -0.508 e. The second kappa shape index (κ2) is 10.5. The zero-order chi connectivity index (χ0) is 28.1. The molecule has 0 spiro atoms. The van der Waals surface area contributed by atoms with Gasteiger partial charge in [0.25, 0.3) is 0 Å². The summed E-state index contributed by atoms with van der Waals surface area (Å²) in [6.07, 6.45) is 0. The molecule has 2 N–H and O–H groups in total. The second-order valence-electron chi connectivity index (χ2n) is 9.30. The van der Waals surface area contributed by atoms with Crippen molar-refractivity contribution in [3.63, 3.8) is 0 Å². The van der Waals surface area contributed by atoms with Crippen LogP contribution in [0.15, 0.2) is 87.1 Å². The van der Waals surface area contributed by atoms with Gasteiger partial charge in [-0.2, -0.15) is 0 Å². The van der Waals surface area contributed by atoms with Crippen LogP contribution in [0.2, 0.25) is 5.02 Å². The van der Waals surface area contributed by atoms with Crippen LogP contribution in [0, 0.1) is 5.92 Å². The number of thioether (sulfide) groups is 1. The van der Waals surface area contributed by atoms with Crippen LogP contribution in [-0.2, 0) is 20.9 Å². The Morgan fingerprint density at radius 2 is 1.73 bits per heavy atom. The van der Waals surface area contributed by atoms with E-state index in [9.17, 15) is 24.3 Å². The molecule has 4 aromatic rings. The van der Waals surface area contributed by atoms with Crippen molar-refractivity contribution in [2.75, 3.05) is 10.2 Å². The Kier molecular flexibility index (Phi) is 7.07. The smallest absolute Gasteiger partial charge is 0.308 e. The Labute approximate surface area is 249 Å². The van der Waals surface area contributed by atoms with Crippen molar-refractivity contribution in [1.29, 1.82) is 0 Å². The number of carbonyl (C=O) groups is 3. The van der Waals surface area contributed by atoms with Crippen molar-refractivity contribution in [3.8, 4) is 5.75 Å². The molecule has 3 atom stereocenters. The number of hydrogen-bond donors (Lipinski definition) is 2. The second-order valence-corrected chi connectivity index (χ2v) is 12.8. The van der Waals surface area contributed by atoms with Gasteiger partial charge >= 0.3 is 4.87 Å². The number of fused-ring (bicyclic) bond motifs is 2. The van der Waals surface area contributed by atoms with Crippen molar-refractivity contribution in [2.24, 2.45) is 5.92 Å². The highest BCUT2D eigenvalue weighted by Gasteiger charge is 2.56. The van der Waals surface area contributed by atoms with Crippen molar-refractivity contribution in [3.05, 3.63) is 102 Å². The summed E-state index contributed by atoms with van der Waals surface area (Å²) in [7, 11) is 0. The Bertz CT molecular complexity index is 1720. The number of nitrogens with one attached hydrogen (secondary N) is 1. The molecular weight excluding hydrogens is 638 g/mol. The van der Waals surface area contributed by atoms with Gasteiger partial charge in [0.1, 0.15) is 17.5 Å². The van der Waals surface area contributed by atoms with E-state index < -0.39 is 23.0 Å². The molecule has 0 bridgehead atoms. The average molecular weight is 657 g/mol. The summed E-state index contributed by atoms with van der Waals surface area (Å²) in [4.78, 5) is 55.3. The molecule has 0 aliphatic carbocycles. The maximum Gasteiger partial charge on any atom is 0.308 e. The Balaban J connectivity index is 1.41. The molecule has 40 heavy (non-hydrogen) atoms. The molecular formula is C28H19BrClN3O5S2. The van der Waals surface area contributed by atoms with Crippen LogP contribution in [0.1, 0.15) is 16.4 Å². The number of nitrogens with zero attached hydrogens (tertiary/aromatic N) is 2. The van der Waals surface area contributed by atoms with Gasteiger partial charge in [0.05, 0.1) is 16.6 Å². The van der Waals surface area contributed by atoms with Crippen LogP contribution < -0.4 is 15.1 Å². The van der Waals surface area contributed by atoms with Gasteiger partial charge in [-0.3, -0.25) is 23.7 Å². The molecule has 12 heteroatoms. The highest BCUT2D eigenvalue weighted by atomic mass is 79.9. The number of benzene rings is 3. The molecule has 202 valence electrons. The molecule has 0 saturated carbocycles. The molecule has 1 saturated heterocycles. The molecule has 3 heterocycles. The van der Waals surface area contributed by atoms with E-state index in [1.54, 1.807) is 36.4 Å². The summed E-state index contributed by atoms with van der Waals surface area (Å²) in [5.41, 5.74) is 1.68. The quantitative estimate of drug-likeness (QED) is 0.218. The normalized spacial score (nSPS) is 19.9. The molecule has 6 rings (SSSR count). The van der Waals surface area contributed by atoms with Crippen LogP contribution in [0.3, 0.4) is 0 Å². The van der Waals surface area contributed by atoms with E-state index in [-0.39, 0.29) is 29.0 Å². The number of hydrogen-bond acceptors (Lipinski definition) is 7. The van der Waals surface area contributed by atoms with E-state index in [1.165, 1.54) is 21.6 Å². The maximum absolute atomic E-state index is 13.9. The van der Waals surface area contributed by atoms with Crippen LogP contribution in [-0.4, -0.2) is 32.6 Å². The van der Waals surface area contributed by atoms with Gasteiger partial charge in [-0.15, -0.1) is 0 Å². The largest absolute Gasteiger partial charge is 0.508 e. The van der Waals surface area contributed by atoms with E-state index >= 15 is 0 Å². The lowest BCUT2D eigenvalue weighted by molar-refractivity contribution is -0.122. The number of aromatic hydroxyl groups is 1. The number of phenols is 1. The van der Waals surface area contributed by atoms with Gasteiger partial charge in [-0.25, -0.2) is 4.90 Å². The van der Waals surface area contributed by atoms with Gasteiger partial charge in [0, 0.05) is 26.0 Å². The lowest BCUT2D eigenvalue weighted by Gasteiger charge is -2.30. The molecule has 2 aliphatic rings. The van der Waals surface area contributed by atoms with Gasteiger partial charge in [-0.05, 0) is 66.2 Å². The van der Waals surface area contributed by atoms with E-state index in [2.05, 4.69) is 21.2 Å². The molecule has 3 aromatic carbocycles. The van der Waals surface area contributed by atoms with Crippen molar-refractivity contribution in [2.45, 2.75) is 22.7 Å². The fourth-order valence-corrected chi connectivity index (χ4v) is 8.36. The van der Waals surface area contributed by atoms with E-state index in [0.29, 0.717) is 26.3 Å². The number of amides is 3. The first-order valence-corrected chi connectivity index (χ1v) is 15.0. The van der Waals surface area contributed by atoms with Gasteiger partial charge in [-0.1, -0.05) is 62.8 Å². The minimum absolute atomic E-state index is 0.0640. The number of thiazole rings is 1. The highest BCUT2D eigenvalue weighted by molar-refractivity contribution is 9.10. The van der Waals surface area contributed by atoms with Crippen molar-refractivity contribution in [1.82, 2.24) is 4.57 Å². The predicted molar refractivity (Wildman–Crippen MR) is 158 cm³/mol. The number of anilines is 2. The molecule has 8 nitrogen and oxygen atoms in total. The predicted octanol–water partition coefficient (Wildman–Crippen LogP) is 5.47. The van der Waals surface area contributed by atoms with Crippen LogP contribution in [0.4, 0.5) is 11.4 Å². The fourth-order valence-electron chi connectivity index (χ4n) is 5.05. The summed E-state index contributed by atoms with van der Waals surface area (Å²) in [5, 5.41) is 12.4. The van der Waals surface area contributed by atoms with Crippen molar-refractivity contribution >= 4 is 79.7 Å². The van der Waals surface area contributed by atoms with Gasteiger partial charge < -0.3 is 10.4 Å². The van der Waals surface area contributed by atoms with Gasteiger partial charge in [0.2, 0.25) is 17.7 Å². The number of rotatable bonds is 5. The third kappa shape index (κ3) is 4.77. The number of carbonyl (C=O) groups excluding carboxylic acids is 3. The Morgan fingerprint density at radius 3 is 2.42 bits per heavy atom. The first-order valence-electron chi connectivity index (χ1n) is 12.1.